The lowest BCUT2D eigenvalue weighted by Crippen LogP contribution is -2.45. The molecule has 1 N–H and O–H groups in total. The number of benzene rings is 1. The number of likely N-dealkylation sites (tertiary alicyclic amines) is 1. The van der Waals surface area contributed by atoms with E-state index in [1.54, 1.807) is 6.07 Å². The molecule has 5 heteroatoms. The van der Waals surface area contributed by atoms with Crippen LogP contribution in [0.1, 0.15) is 53.1 Å². The van der Waals surface area contributed by atoms with Gasteiger partial charge in [-0.25, -0.2) is 8.78 Å². The van der Waals surface area contributed by atoms with Gasteiger partial charge in [0.25, 0.3) is 11.8 Å². The van der Waals surface area contributed by atoms with Crippen LogP contribution in [0.5, 0.6) is 0 Å². The van der Waals surface area contributed by atoms with Crippen molar-refractivity contribution in [2.45, 2.75) is 44.4 Å². The lowest BCUT2D eigenvalue weighted by Gasteiger charge is -2.33. The standard InChI is InChI=1S/C18H24F2N2O/c1-13-3-4-15(11-16(13)14-5-8-21-9-6-14)17(23)22-10-2-7-18(19,20)12-22/h3-4,11,14,21H,2,5-10,12H2,1H3. The fourth-order valence-electron chi connectivity index (χ4n) is 3.67. The van der Waals surface area contributed by atoms with Gasteiger partial charge in [0.2, 0.25) is 0 Å². The van der Waals surface area contributed by atoms with Crippen LogP contribution in [0.2, 0.25) is 0 Å². The summed E-state index contributed by atoms with van der Waals surface area (Å²) in [5, 5.41) is 3.34. The van der Waals surface area contributed by atoms with Gasteiger partial charge in [0, 0.05) is 18.5 Å². The Balaban J connectivity index is 1.80. The van der Waals surface area contributed by atoms with Gasteiger partial charge in [-0.1, -0.05) is 6.07 Å². The second kappa shape index (κ2) is 6.56. The molecule has 0 spiro atoms. The van der Waals surface area contributed by atoms with Crippen LogP contribution < -0.4 is 5.32 Å². The van der Waals surface area contributed by atoms with Crippen LogP contribution in [0.4, 0.5) is 8.78 Å². The summed E-state index contributed by atoms with van der Waals surface area (Å²) in [6, 6.07) is 5.65. The quantitative estimate of drug-likeness (QED) is 0.906. The number of hydrogen-bond donors (Lipinski definition) is 1. The van der Waals surface area contributed by atoms with Crippen LogP contribution in [-0.4, -0.2) is 42.9 Å². The van der Waals surface area contributed by atoms with Gasteiger partial charge >= 0.3 is 0 Å². The van der Waals surface area contributed by atoms with Crippen molar-refractivity contribution in [3.8, 4) is 0 Å². The molecule has 23 heavy (non-hydrogen) atoms. The number of carbonyl (C=O) groups excluding carboxylic acids is 1. The van der Waals surface area contributed by atoms with Gasteiger partial charge in [-0.15, -0.1) is 0 Å². The minimum absolute atomic E-state index is 0.120. The second-order valence-electron chi connectivity index (χ2n) is 6.78. The fourth-order valence-corrected chi connectivity index (χ4v) is 3.67. The van der Waals surface area contributed by atoms with E-state index in [9.17, 15) is 13.6 Å². The van der Waals surface area contributed by atoms with Gasteiger partial charge in [-0.05, 0) is 68.5 Å². The third-order valence-electron chi connectivity index (χ3n) is 4.99. The molecule has 0 aliphatic carbocycles. The summed E-state index contributed by atoms with van der Waals surface area (Å²) in [5.74, 6) is -2.57. The van der Waals surface area contributed by atoms with Crippen LogP contribution in [0.15, 0.2) is 18.2 Å². The molecule has 1 amide bonds. The molecule has 0 aromatic heterocycles. The fraction of sp³-hybridized carbons (Fsp3) is 0.611. The van der Waals surface area contributed by atoms with Crippen LogP contribution in [0.25, 0.3) is 0 Å². The van der Waals surface area contributed by atoms with Crippen molar-refractivity contribution in [2.24, 2.45) is 0 Å². The summed E-state index contributed by atoms with van der Waals surface area (Å²) in [6.45, 7) is 4.00. The minimum atomic E-state index is -2.75. The number of carbonyl (C=O) groups is 1. The maximum Gasteiger partial charge on any atom is 0.265 e. The van der Waals surface area contributed by atoms with Crippen molar-refractivity contribution in [2.75, 3.05) is 26.2 Å². The van der Waals surface area contributed by atoms with Crippen LogP contribution in [0.3, 0.4) is 0 Å². The highest BCUT2D eigenvalue weighted by Crippen LogP contribution is 2.31. The van der Waals surface area contributed by atoms with Crippen LogP contribution in [-0.2, 0) is 0 Å². The summed E-state index contributed by atoms with van der Waals surface area (Å²) in [7, 11) is 0. The maximum atomic E-state index is 13.6. The molecule has 0 unspecified atom stereocenters. The van der Waals surface area contributed by atoms with Crippen molar-refractivity contribution in [1.29, 1.82) is 0 Å². The Bertz CT molecular complexity index is 582. The van der Waals surface area contributed by atoms with E-state index < -0.39 is 12.5 Å². The molecular formula is C18H24F2N2O. The van der Waals surface area contributed by atoms with Crippen molar-refractivity contribution in [1.82, 2.24) is 10.2 Å². The van der Waals surface area contributed by atoms with Crippen molar-refractivity contribution >= 4 is 5.91 Å². The summed E-state index contributed by atoms with van der Waals surface area (Å²) < 4.78 is 27.1. The monoisotopic (exact) mass is 322 g/mol. The molecule has 2 fully saturated rings. The first-order chi connectivity index (χ1) is 11.0. The van der Waals surface area contributed by atoms with Gasteiger partial charge in [0.15, 0.2) is 0 Å². The SMILES string of the molecule is Cc1ccc(C(=O)N2CCCC(F)(F)C2)cc1C1CCNCC1. The molecule has 2 saturated heterocycles. The molecule has 3 rings (SSSR count). The largest absolute Gasteiger partial charge is 0.333 e. The second-order valence-corrected chi connectivity index (χ2v) is 6.78. The Morgan fingerprint density at radius 2 is 2.04 bits per heavy atom. The molecule has 2 aliphatic rings. The highest BCUT2D eigenvalue weighted by Gasteiger charge is 2.37. The molecule has 0 atom stereocenters. The number of amides is 1. The highest BCUT2D eigenvalue weighted by molar-refractivity contribution is 5.94. The van der Waals surface area contributed by atoms with Gasteiger partial charge in [0.05, 0.1) is 6.54 Å². The predicted molar refractivity (Wildman–Crippen MR) is 86.1 cm³/mol. The van der Waals surface area contributed by atoms with Crippen LogP contribution >= 0.6 is 0 Å². The number of hydrogen-bond acceptors (Lipinski definition) is 2. The van der Waals surface area contributed by atoms with Gasteiger partial charge < -0.3 is 10.2 Å². The number of piperidine rings is 2. The van der Waals surface area contributed by atoms with Crippen LogP contribution in [0, 0.1) is 6.92 Å². The van der Waals surface area contributed by atoms with E-state index in [4.69, 9.17) is 0 Å². The molecule has 0 bridgehead atoms. The van der Waals surface area contributed by atoms with E-state index in [1.807, 2.05) is 12.1 Å². The highest BCUT2D eigenvalue weighted by atomic mass is 19.3. The number of aryl methyl sites for hydroxylation is 1. The smallest absolute Gasteiger partial charge is 0.265 e. The Hall–Kier alpha value is -1.49. The number of halogens is 2. The minimum Gasteiger partial charge on any atom is -0.333 e. The van der Waals surface area contributed by atoms with Crippen molar-refractivity contribution in [3.63, 3.8) is 0 Å². The first kappa shape index (κ1) is 16.4. The van der Waals surface area contributed by atoms with E-state index in [-0.39, 0.29) is 12.3 Å². The lowest BCUT2D eigenvalue weighted by molar-refractivity contribution is -0.0560. The number of nitrogens with zero attached hydrogens (tertiary/aromatic N) is 1. The maximum absolute atomic E-state index is 13.6. The average Bonchev–Trinajstić information content (AvgIpc) is 2.54. The van der Waals surface area contributed by atoms with E-state index in [1.165, 1.54) is 16.0 Å². The molecule has 2 aliphatic heterocycles. The van der Waals surface area contributed by atoms with Crippen molar-refractivity contribution < 1.29 is 13.6 Å². The van der Waals surface area contributed by atoms with E-state index in [0.29, 0.717) is 24.4 Å². The first-order valence-corrected chi connectivity index (χ1v) is 8.45. The third kappa shape index (κ3) is 3.71. The lowest BCUT2D eigenvalue weighted by atomic mass is 9.86. The van der Waals surface area contributed by atoms with Gasteiger partial charge in [-0.3, -0.25) is 4.79 Å². The van der Waals surface area contributed by atoms with Gasteiger partial charge in [-0.2, -0.15) is 0 Å². The number of nitrogens with one attached hydrogen (secondary N) is 1. The molecule has 126 valence electrons. The molecular weight excluding hydrogens is 298 g/mol. The Kier molecular flexibility index (Phi) is 4.67. The zero-order valence-electron chi connectivity index (χ0n) is 13.6. The molecule has 1 aromatic carbocycles. The molecule has 3 nitrogen and oxygen atoms in total. The third-order valence-corrected chi connectivity index (χ3v) is 4.99. The molecule has 1 aromatic rings. The van der Waals surface area contributed by atoms with Crippen molar-refractivity contribution in [3.05, 3.63) is 34.9 Å². The molecule has 0 saturated carbocycles. The Labute approximate surface area is 136 Å². The zero-order valence-corrected chi connectivity index (χ0v) is 13.6. The normalized spacial score (nSPS) is 22.1. The zero-order chi connectivity index (χ0) is 16.4. The number of alkyl halides is 2. The van der Waals surface area contributed by atoms with E-state index in [2.05, 4.69) is 12.2 Å². The Morgan fingerprint density at radius 3 is 2.74 bits per heavy atom. The van der Waals surface area contributed by atoms with Gasteiger partial charge in [0.1, 0.15) is 0 Å². The molecule has 0 radical (unpaired) electrons. The summed E-state index contributed by atoms with van der Waals surface area (Å²) in [5.41, 5.74) is 2.92. The van der Waals surface area contributed by atoms with E-state index in [0.717, 1.165) is 25.9 Å². The summed E-state index contributed by atoms with van der Waals surface area (Å²) in [4.78, 5) is 13.9. The number of rotatable bonds is 2. The Morgan fingerprint density at radius 1 is 1.30 bits per heavy atom. The average molecular weight is 322 g/mol. The summed E-state index contributed by atoms with van der Waals surface area (Å²) >= 11 is 0. The summed E-state index contributed by atoms with van der Waals surface area (Å²) in [6.07, 6.45) is 2.36. The predicted octanol–water partition coefficient (Wildman–Crippen LogP) is 3.33. The van der Waals surface area contributed by atoms with E-state index >= 15 is 0 Å². The topological polar surface area (TPSA) is 32.3 Å². The molecule has 2 heterocycles. The first-order valence-electron chi connectivity index (χ1n) is 8.45.